The Morgan fingerprint density at radius 1 is 1.08 bits per heavy atom. The molecule has 38 heavy (non-hydrogen) atoms. The van der Waals surface area contributed by atoms with E-state index in [2.05, 4.69) is 31.8 Å². The van der Waals surface area contributed by atoms with Crippen LogP contribution < -0.4 is 20.5 Å². The minimum atomic E-state index is -0.281. The van der Waals surface area contributed by atoms with Gasteiger partial charge in [0.1, 0.15) is 17.8 Å². The first-order valence-electron chi connectivity index (χ1n) is 11.7. The molecule has 0 saturated heterocycles. The standard InChI is InChI=1S/C28H25N7O3/c1-5-21(36)34-19-9-7-17(8-10-19)24-22(23-26(29)32-15-33-27(23)35(24)3)18-13-16(2)25(20(14-18)37-4)38-28-30-11-6-12-31-28/h5-15H,1H2,2-4H3,(H,34,36)(H2,29,32,33). The molecule has 0 aliphatic heterocycles. The number of nitrogens with one attached hydrogen (secondary N) is 1. The fraction of sp³-hybridized carbons (Fsp3) is 0.107. The Labute approximate surface area is 218 Å². The Kier molecular flexibility index (Phi) is 6.44. The second-order valence-electron chi connectivity index (χ2n) is 8.47. The number of nitrogens with two attached hydrogens (primary N) is 1. The zero-order valence-corrected chi connectivity index (χ0v) is 21.1. The van der Waals surface area contributed by atoms with Crippen LogP contribution in [0, 0.1) is 6.92 Å². The van der Waals surface area contributed by atoms with E-state index in [1.54, 1.807) is 25.6 Å². The number of hydrogen-bond acceptors (Lipinski definition) is 8. The van der Waals surface area contributed by atoms with E-state index in [1.807, 2.05) is 54.9 Å². The normalized spacial score (nSPS) is 10.8. The van der Waals surface area contributed by atoms with Gasteiger partial charge in [-0.3, -0.25) is 4.79 Å². The van der Waals surface area contributed by atoms with Gasteiger partial charge in [-0.05, 0) is 60.0 Å². The summed E-state index contributed by atoms with van der Waals surface area (Å²) in [7, 11) is 3.50. The Hall–Kier alpha value is -5.25. The molecule has 10 heteroatoms. The van der Waals surface area contributed by atoms with E-state index in [1.165, 1.54) is 12.4 Å². The molecule has 0 fully saturated rings. The molecule has 1 amide bonds. The van der Waals surface area contributed by atoms with Crippen LogP contribution in [0.4, 0.5) is 11.5 Å². The summed E-state index contributed by atoms with van der Waals surface area (Å²) in [5, 5.41) is 3.49. The van der Waals surface area contributed by atoms with Crippen LogP contribution in [-0.2, 0) is 11.8 Å². The number of benzene rings is 2. The van der Waals surface area contributed by atoms with Crippen LogP contribution in [0.2, 0.25) is 0 Å². The molecule has 190 valence electrons. The lowest BCUT2D eigenvalue weighted by atomic mass is 9.96. The number of amides is 1. The second-order valence-corrected chi connectivity index (χ2v) is 8.47. The van der Waals surface area contributed by atoms with Crippen molar-refractivity contribution in [3.8, 4) is 39.9 Å². The summed E-state index contributed by atoms with van der Waals surface area (Å²) in [6.45, 7) is 5.42. The van der Waals surface area contributed by atoms with Crippen molar-refractivity contribution < 1.29 is 14.3 Å². The van der Waals surface area contributed by atoms with Crippen molar-refractivity contribution in [3.05, 3.63) is 79.4 Å². The summed E-state index contributed by atoms with van der Waals surface area (Å²) in [5.41, 5.74) is 12.0. The molecule has 3 N–H and O–H groups in total. The first-order valence-corrected chi connectivity index (χ1v) is 11.7. The summed E-state index contributed by atoms with van der Waals surface area (Å²) in [4.78, 5) is 28.8. The molecule has 0 unspecified atom stereocenters. The van der Waals surface area contributed by atoms with Gasteiger partial charge in [-0.1, -0.05) is 18.7 Å². The molecule has 5 aromatic rings. The van der Waals surface area contributed by atoms with Crippen LogP contribution in [0.15, 0.2) is 73.8 Å². The topological polar surface area (TPSA) is 130 Å². The largest absolute Gasteiger partial charge is 0.493 e. The molecule has 0 aliphatic carbocycles. The Balaban J connectivity index is 1.70. The molecule has 5 rings (SSSR count). The number of methoxy groups -OCH3 is 1. The van der Waals surface area contributed by atoms with E-state index in [9.17, 15) is 4.79 Å². The van der Waals surface area contributed by atoms with E-state index < -0.39 is 0 Å². The summed E-state index contributed by atoms with van der Waals surface area (Å²) < 4.78 is 13.7. The smallest absolute Gasteiger partial charge is 0.321 e. The first-order chi connectivity index (χ1) is 18.4. The number of carbonyl (C=O) groups excluding carboxylic acids is 1. The van der Waals surface area contributed by atoms with E-state index in [-0.39, 0.29) is 11.9 Å². The van der Waals surface area contributed by atoms with E-state index in [4.69, 9.17) is 15.2 Å². The van der Waals surface area contributed by atoms with Crippen molar-refractivity contribution in [3.63, 3.8) is 0 Å². The molecule has 0 radical (unpaired) electrons. The molecule has 0 saturated carbocycles. The van der Waals surface area contributed by atoms with Gasteiger partial charge in [0.15, 0.2) is 11.5 Å². The third kappa shape index (κ3) is 4.39. The number of carbonyl (C=O) groups is 1. The van der Waals surface area contributed by atoms with Crippen LogP contribution in [0.3, 0.4) is 0 Å². The molecule has 3 heterocycles. The Bertz CT molecular complexity index is 1660. The third-order valence-corrected chi connectivity index (χ3v) is 6.09. The highest BCUT2D eigenvalue weighted by Gasteiger charge is 2.24. The maximum atomic E-state index is 11.7. The summed E-state index contributed by atoms with van der Waals surface area (Å²) in [6, 6.07) is 13.3. The number of aromatic nitrogens is 5. The lowest BCUT2D eigenvalue weighted by molar-refractivity contribution is -0.111. The van der Waals surface area contributed by atoms with Gasteiger partial charge in [0.25, 0.3) is 0 Å². The number of ether oxygens (including phenoxy) is 2. The summed E-state index contributed by atoms with van der Waals surface area (Å²) >= 11 is 0. The minimum Gasteiger partial charge on any atom is -0.493 e. The molecule has 0 atom stereocenters. The van der Waals surface area contributed by atoms with Gasteiger partial charge in [0, 0.05) is 30.7 Å². The summed E-state index contributed by atoms with van der Waals surface area (Å²) in [6.07, 6.45) is 5.89. The number of nitrogens with zero attached hydrogens (tertiary/aromatic N) is 5. The van der Waals surface area contributed by atoms with Crippen LogP contribution in [0.1, 0.15) is 5.56 Å². The molecule has 0 aliphatic rings. The van der Waals surface area contributed by atoms with E-state index >= 15 is 0 Å². The predicted molar refractivity (Wildman–Crippen MR) is 146 cm³/mol. The highest BCUT2D eigenvalue weighted by atomic mass is 16.5. The van der Waals surface area contributed by atoms with Crippen molar-refractivity contribution in [1.82, 2.24) is 24.5 Å². The maximum absolute atomic E-state index is 11.7. The third-order valence-electron chi connectivity index (χ3n) is 6.09. The van der Waals surface area contributed by atoms with Crippen LogP contribution in [0.5, 0.6) is 17.5 Å². The fourth-order valence-corrected chi connectivity index (χ4v) is 4.40. The van der Waals surface area contributed by atoms with Crippen molar-refractivity contribution in [1.29, 1.82) is 0 Å². The molecule has 2 aromatic carbocycles. The first kappa shape index (κ1) is 24.4. The lowest BCUT2D eigenvalue weighted by Crippen LogP contribution is -2.06. The maximum Gasteiger partial charge on any atom is 0.321 e. The quantitative estimate of drug-likeness (QED) is 0.297. The lowest BCUT2D eigenvalue weighted by Gasteiger charge is -2.15. The number of rotatable bonds is 7. The van der Waals surface area contributed by atoms with Gasteiger partial charge in [0.05, 0.1) is 18.2 Å². The van der Waals surface area contributed by atoms with Crippen molar-refractivity contribution in [2.45, 2.75) is 6.92 Å². The monoisotopic (exact) mass is 507 g/mol. The van der Waals surface area contributed by atoms with Crippen LogP contribution >= 0.6 is 0 Å². The van der Waals surface area contributed by atoms with Gasteiger partial charge < -0.3 is 25.1 Å². The molecule has 0 spiro atoms. The van der Waals surface area contributed by atoms with E-state index in [0.29, 0.717) is 28.7 Å². The molecular formula is C28H25N7O3. The number of aryl methyl sites for hydroxylation is 2. The van der Waals surface area contributed by atoms with Gasteiger partial charge in [-0.15, -0.1) is 0 Å². The molecule has 3 aromatic heterocycles. The summed E-state index contributed by atoms with van der Waals surface area (Å²) in [5.74, 6) is 1.09. The Morgan fingerprint density at radius 3 is 2.50 bits per heavy atom. The van der Waals surface area contributed by atoms with Gasteiger partial charge >= 0.3 is 6.01 Å². The predicted octanol–water partition coefficient (Wildman–Crippen LogP) is 4.91. The van der Waals surface area contributed by atoms with Crippen LogP contribution in [-0.4, -0.2) is 37.5 Å². The SMILES string of the molecule is C=CC(=O)Nc1ccc(-c2c(-c3cc(C)c(Oc4ncccn4)c(OC)c3)c3c(N)ncnc3n2C)cc1. The highest BCUT2D eigenvalue weighted by molar-refractivity contribution is 6.08. The zero-order chi connectivity index (χ0) is 26.8. The minimum absolute atomic E-state index is 0.216. The van der Waals surface area contributed by atoms with Crippen molar-refractivity contribution in [2.24, 2.45) is 7.05 Å². The fourth-order valence-electron chi connectivity index (χ4n) is 4.40. The van der Waals surface area contributed by atoms with Crippen molar-refractivity contribution >= 4 is 28.4 Å². The Morgan fingerprint density at radius 2 is 1.82 bits per heavy atom. The average molecular weight is 508 g/mol. The molecule has 0 bridgehead atoms. The number of fused-ring (bicyclic) bond motifs is 1. The van der Waals surface area contributed by atoms with Crippen molar-refractivity contribution in [2.75, 3.05) is 18.2 Å². The van der Waals surface area contributed by atoms with E-state index in [0.717, 1.165) is 33.3 Å². The molecule has 10 nitrogen and oxygen atoms in total. The number of nitrogen functional groups attached to an aromatic ring is 1. The highest BCUT2D eigenvalue weighted by Crippen LogP contribution is 2.45. The van der Waals surface area contributed by atoms with Gasteiger partial charge in [-0.2, -0.15) is 0 Å². The second kappa shape index (κ2) is 10.0. The van der Waals surface area contributed by atoms with Crippen LogP contribution in [0.25, 0.3) is 33.4 Å². The number of hydrogen-bond donors (Lipinski definition) is 2. The van der Waals surface area contributed by atoms with Gasteiger partial charge in [0.2, 0.25) is 5.91 Å². The average Bonchev–Trinajstić information content (AvgIpc) is 3.24. The molecular weight excluding hydrogens is 482 g/mol. The zero-order valence-electron chi connectivity index (χ0n) is 21.1. The van der Waals surface area contributed by atoms with Gasteiger partial charge in [-0.25, -0.2) is 19.9 Å². The number of anilines is 2.